The van der Waals surface area contributed by atoms with Crippen molar-refractivity contribution in [1.29, 1.82) is 0 Å². The van der Waals surface area contributed by atoms with E-state index in [2.05, 4.69) is 0 Å². The molecule has 1 saturated heterocycles. The largest absolute Gasteiger partial charge is 0.507 e. The zero-order valence-electron chi connectivity index (χ0n) is 20.7. The first-order valence-corrected chi connectivity index (χ1v) is 12.2. The minimum Gasteiger partial charge on any atom is -0.507 e. The Labute approximate surface area is 224 Å². The van der Waals surface area contributed by atoms with Crippen LogP contribution in [0.25, 0.3) is 5.76 Å². The highest BCUT2D eigenvalue weighted by Crippen LogP contribution is 2.48. The molecule has 0 saturated carbocycles. The van der Waals surface area contributed by atoms with Crippen molar-refractivity contribution in [2.75, 3.05) is 25.7 Å². The number of aryl methyl sites for hydroxylation is 1. The minimum absolute atomic E-state index is 0.0206. The van der Waals surface area contributed by atoms with Crippen molar-refractivity contribution in [1.82, 2.24) is 0 Å². The number of nitrogens with zero attached hydrogens (tertiary/aromatic N) is 1. The Hall–Kier alpha value is -3.68. The lowest BCUT2D eigenvalue weighted by molar-refractivity contribution is -0.132. The predicted octanol–water partition coefficient (Wildman–Crippen LogP) is 6.34. The highest BCUT2D eigenvalue weighted by atomic mass is 35.5. The van der Waals surface area contributed by atoms with Crippen LogP contribution in [0, 0.1) is 6.92 Å². The van der Waals surface area contributed by atoms with E-state index in [-0.39, 0.29) is 32.7 Å². The molecule has 0 radical (unpaired) electrons. The molecular formula is C28H25Cl2NO6. The highest BCUT2D eigenvalue weighted by molar-refractivity contribution is 6.52. The van der Waals surface area contributed by atoms with Crippen molar-refractivity contribution in [3.63, 3.8) is 0 Å². The number of hydrogen-bond donors (Lipinski definition) is 1. The quantitative estimate of drug-likeness (QED) is 0.213. The summed E-state index contributed by atoms with van der Waals surface area (Å²) in [7, 11) is 2.76. The molecule has 0 aliphatic carbocycles. The lowest BCUT2D eigenvalue weighted by atomic mass is 9.92. The molecule has 1 atom stereocenters. The standard InChI is InChI=1S/C28H25Cl2NO6/c1-5-37-17-12-10-16(11-13-17)31-23(18-9-7-6-8-15(18)2)21(25(33)28(31)34)24(32)19-14-20(29)27(36-4)22(30)26(19)35-3/h6-14,23,32H,5H2,1-4H3/b24-21+. The Morgan fingerprint density at radius 2 is 1.65 bits per heavy atom. The van der Waals surface area contributed by atoms with Gasteiger partial charge >= 0.3 is 0 Å². The molecule has 3 aromatic carbocycles. The second-order valence-corrected chi connectivity index (χ2v) is 9.02. The van der Waals surface area contributed by atoms with E-state index >= 15 is 0 Å². The van der Waals surface area contributed by atoms with Gasteiger partial charge in [-0.3, -0.25) is 14.5 Å². The molecule has 1 unspecified atom stereocenters. The van der Waals surface area contributed by atoms with Gasteiger partial charge in [-0.1, -0.05) is 47.5 Å². The van der Waals surface area contributed by atoms with Crippen LogP contribution in [0.15, 0.2) is 60.2 Å². The maximum Gasteiger partial charge on any atom is 0.300 e. The number of ether oxygens (including phenoxy) is 3. The Morgan fingerprint density at radius 3 is 2.24 bits per heavy atom. The van der Waals surface area contributed by atoms with E-state index in [1.54, 1.807) is 24.3 Å². The Balaban J connectivity index is 1.99. The number of benzene rings is 3. The average Bonchev–Trinajstić information content (AvgIpc) is 3.14. The number of carbonyl (C=O) groups is 2. The van der Waals surface area contributed by atoms with E-state index in [4.69, 9.17) is 37.4 Å². The van der Waals surface area contributed by atoms with E-state index in [1.807, 2.05) is 38.1 Å². The summed E-state index contributed by atoms with van der Waals surface area (Å²) < 4.78 is 16.2. The summed E-state index contributed by atoms with van der Waals surface area (Å²) in [6.45, 7) is 4.23. The molecule has 0 spiro atoms. The van der Waals surface area contributed by atoms with Gasteiger partial charge in [0.25, 0.3) is 11.7 Å². The molecular weight excluding hydrogens is 517 g/mol. The van der Waals surface area contributed by atoms with Crippen molar-refractivity contribution in [2.24, 2.45) is 0 Å². The van der Waals surface area contributed by atoms with E-state index in [9.17, 15) is 14.7 Å². The van der Waals surface area contributed by atoms with Gasteiger partial charge in [-0.05, 0) is 55.3 Å². The SMILES string of the molecule is CCOc1ccc(N2C(=O)C(=O)/C(=C(/O)c3cc(Cl)c(OC)c(Cl)c3OC)C2c2ccccc2C)cc1. The van der Waals surface area contributed by atoms with Gasteiger partial charge in [-0.2, -0.15) is 0 Å². The molecule has 1 amide bonds. The van der Waals surface area contributed by atoms with E-state index < -0.39 is 23.5 Å². The third-order valence-electron chi connectivity index (χ3n) is 6.15. The Bertz CT molecular complexity index is 1400. The minimum atomic E-state index is -0.927. The molecule has 3 aromatic rings. The number of halogens is 2. The summed E-state index contributed by atoms with van der Waals surface area (Å²) in [5.74, 6) is -1.28. The van der Waals surface area contributed by atoms with Crippen LogP contribution >= 0.6 is 23.2 Å². The van der Waals surface area contributed by atoms with Crippen LogP contribution in [0.3, 0.4) is 0 Å². The number of ketones is 1. The molecule has 37 heavy (non-hydrogen) atoms. The molecule has 192 valence electrons. The van der Waals surface area contributed by atoms with Gasteiger partial charge in [0.1, 0.15) is 16.5 Å². The molecule has 9 heteroatoms. The van der Waals surface area contributed by atoms with Crippen LogP contribution in [-0.2, 0) is 9.59 Å². The van der Waals surface area contributed by atoms with Gasteiger partial charge in [0.15, 0.2) is 11.5 Å². The van der Waals surface area contributed by atoms with E-state index in [1.165, 1.54) is 25.2 Å². The van der Waals surface area contributed by atoms with Gasteiger partial charge in [-0.25, -0.2) is 0 Å². The number of methoxy groups -OCH3 is 2. The molecule has 0 bridgehead atoms. The number of carbonyl (C=O) groups excluding carboxylic acids is 2. The van der Waals surface area contributed by atoms with Gasteiger partial charge < -0.3 is 19.3 Å². The summed E-state index contributed by atoms with van der Waals surface area (Å²) in [4.78, 5) is 28.3. The zero-order chi connectivity index (χ0) is 26.9. The van der Waals surface area contributed by atoms with Gasteiger partial charge in [0, 0.05) is 5.69 Å². The second kappa shape index (κ2) is 10.7. The maximum atomic E-state index is 13.5. The summed E-state index contributed by atoms with van der Waals surface area (Å²) in [5, 5.41) is 11.7. The van der Waals surface area contributed by atoms with Crippen LogP contribution in [0.1, 0.15) is 29.7 Å². The molecule has 1 N–H and O–H groups in total. The number of hydrogen-bond acceptors (Lipinski definition) is 6. The number of rotatable bonds is 7. The van der Waals surface area contributed by atoms with Gasteiger partial charge in [0.05, 0.1) is 43.0 Å². The monoisotopic (exact) mass is 541 g/mol. The van der Waals surface area contributed by atoms with Gasteiger partial charge in [-0.15, -0.1) is 0 Å². The Kier molecular flexibility index (Phi) is 7.66. The zero-order valence-corrected chi connectivity index (χ0v) is 22.2. The number of aliphatic hydroxyl groups excluding tert-OH is 1. The molecule has 0 aromatic heterocycles. The lowest BCUT2D eigenvalue weighted by Crippen LogP contribution is -2.29. The second-order valence-electron chi connectivity index (χ2n) is 8.24. The van der Waals surface area contributed by atoms with Crippen molar-refractivity contribution in [3.8, 4) is 17.2 Å². The number of aliphatic hydroxyl groups is 1. The van der Waals surface area contributed by atoms with E-state index in [0.717, 1.165) is 5.56 Å². The molecule has 7 nitrogen and oxygen atoms in total. The van der Waals surface area contributed by atoms with Crippen molar-refractivity contribution in [3.05, 3.63) is 86.9 Å². The number of Topliss-reactive ketones (excluding diaryl/α,β-unsaturated/α-hetero) is 1. The summed E-state index contributed by atoms with van der Waals surface area (Å²) >= 11 is 12.8. The number of anilines is 1. The average molecular weight is 542 g/mol. The third-order valence-corrected chi connectivity index (χ3v) is 6.77. The normalized spacial score (nSPS) is 16.7. The van der Waals surface area contributed by atoms with Crippen LogP contribution in [0.5, 0.6) is 17.2 Å². The fourth-order valence-electron chi connectivity index (χ4n) is 4.45. The molecule has 1 aliphatic heterocycles. The summed E-state index contributed by atoms with van der Waals surface area (Å²) in [6.07, 6.45) is 0. The summed E-state index contributed by atoms with van der Waals surface area (Å²) in [5.41, 5.74) is 1.90. The molecule has 1 aliphatic rings. The van der Waals surface area contributed by atoms with Crippen molar-refractivity contribution in [2.45, 2.75) is 19.9 Å². The number of amides is 1. The van der Waals surface area contributed by atoms with Crippen LogP contribution in [0.4, 0.5) is 5.69 Å². The van der Waals surface area contributed by atoms with Gasteiger partial charge in [0.2, 0.25) is 0 Å². The first-order valence-electron chi connectivity index (χ1n) is 11.4. The third kappa shape index (κ3) is 4.61. The summed E-state index contributed by atoms with van der Waals surface area (Å²) in [6, 6.07) is 14.6. The first kappa shape index (κ1) is 26.4. The highest BCUT2D eigenvalue weighted by Gasteiger charge is 2.47. The van der Waals surface area contributed by atoms with Crippen molar-refractivity contribution >= 4 is 46.3 Å². The van der Waals surface area contributed by atoms with Crippen LogP contribution < -0.4 is 19.1 Å². The smallest absolute Gasteiger partial charge is 0.300 e. The van der Waals surface area contributed by atoms with Crippen LogP contribution in [-0.4, -0.2) is 37.6 Å². The molecule has 1 fully saturated rings. The first-order chi connectivity index (χ1) is 17.7. The van der Waals surface area contributed by atoms with E-state index in [0.29, 0.717) is 23.6 Å². The Morgan fingerprint density at radius 1 is 1.00 bits per heavy atom. The molecule has 4 rings (SSSR count). The van der Waals surface area contributed by atoms with Crippen LogP contribution in [0.2, 0.25) is 10.0 Å². The lowest BCUT2D eigenvalue weighted by Gasteiger charge is -2.27. The molecule has 1 heterocycles. The topological polar surface area (TPSA) is 85.3 Å². The fraction of sp³-hybridized carbons (Fsp3) is 0.214. The predicted molar refractivity (Wildman–Crippen MR) is 143 cm³/mol. The maximum absolute atomic E-state index is 13.5. The van der Waals surface area contributed by atoms with Crippen molar-refractivity contribution < 1.29 is 28.9 Å². The fourth-order valence-corrected chi connectivity index (χ4v) is 5.13.